The summed E-state index contributed by atoms with van der Waals surface area (Å²) in [7, 11) is 0. The summed E-state index contributed by atoms with van der Waals surface area (Å²) in [6, 6.07) is 7.77. The summed E-state index contributed by atoms with van der Waals surface area (Å²) in [5, 5.41) is 2.33. The van der Waals surface area contributed by atoms with E-state index in [0.717, 1.165) is 26.4 Å². The molecule has 4 heteroatoms. The monoisotopic (exact) mass is 281 g/mol. The number of rotatable bonds is 0. The van der Waals surface area contributed by atoms with Gasteiger partial charge in [0.2, 0.25) is 0 Å². The molecule has 0 aliphatic rings. The van der Waals surface area contributed by atoms with Crippen LogP contribution >= 0.6 is 27.5 Å². The third-order valence-electron chi connectivity index (χ3n) is 2.31. The van der Waals surface area contributed by atoms with E-state index in [1.54, 1.807) is 6.20 Å². The number of nitrogens with zero attached hydrogens (tertiary/aromatic N) is 1. The van der Waals surface area contributed by atoms with Gasteiger partial charge in [0.25, 0.3) is 0 Å². The third-order valence-corrected chi connectivity index (χ3v) is 3.16. The van der Waals surface area contributed by atoms with Gasteiger partial charge in [-0.05, 0) is 22.0 Å². The van der Waals surface area contributed by atoms with Crippen LogP contribution in [0.1, 0.15) is 0 Å². The van der Waals surface area contributed by atoms with Crippen molar-refractivity contribution in [2.45, 2.75) is 0 Å². The van der Waals surface area contributed by atoms with Crippen LogP contribution in [-0.2, 0) is 0 Å². The molecule has 0 amide bonds. The zero-order chi connectivity index (χ0) is 10.4. The first kappa shape index (κ1) is 9.19. The van der Waals surface area contributed by atoms with Gasteiger partial charge in [0.05, 0.1) is 9.86 Å². The first-order chi connectivity index (χ1) is 7.27. The van der Waals surface area contributed by atoms with E-state index in [-0.39, 0.29) is 0 Å². The van der Waals surface area contributed by atoms with E-state index in [2.05, 4.69) is 20.9 Å². The number of aromatic nitrogens is 1. The third kappa shape index (κ3) is 1.27. The fraction of sp³-hybridized carbons (Fsp3) is 0. The van der Waals surface area contributed by atoms with Gasteiger partial charge in [-0.3, -0.25) is 0 Å². The summed E-state index contributed by atoms with van der Waals surface area (Å²) < 4.78 is 6.51. The van der Waals surface area contributed by atoms with E-state index in [1.807, 2.05) is 24.3 Å². The lowest BCUT2D eigenvalue weighted by atomic mass is 10.2. The molecule has 2 nitrogen and oxygen atoms in total. The van der Waals surface area contributed by atoms with E-state index < -0.39 is 0 Å². The van der Waals surface area contributed by atoms with Crippen LogP contribution in [0, 0.1) is 0 Å². The zero-order valence-electron chi connectivity index (χ0n) is 7.50. The topological polar surface area (TPSA) is 26.0 Å². The number of fused-ring (bicyclic) bond motifs is 3. The van der Waals surface area contributed by atoms with Gasteiger partial charge in [0, 0.05) is 11.6 Å². The molecule has 0 unspecified atom stereocenters. The molecule has 3 aromatic rings. The second-order valence-corrected chi connectivity index (χ2v) is 4.41. The summed E-state index contributed by atoms with van der Waals surface area (Å²) in [6.07, 6.45) is 1.65. The molecular weight excluding hydrogens is 277 g/mol. The van der Waals surface area contributed by atoms with Crippen LogP contribution in [0.4, 0.5) is 0 Å². The maximum atomic E-state index is 6.06. The van der Waals surface area contributed by atoms with Crippen molar-refractivity contribution >= 4 is 49.5 Å². The maximum absolute atomic E-state index is 6.06. The van der Waals surface area contributed by atoms with Crippen LogP contribution in [-0.4, -0.2) is 4.98 Å². The summed E-state index contributed by atoms with van der Waals surface area (Å²) >= 11 is 9.45. The number of furan rings is 1. The molecular formula is C11H5BrClNO. The summed E-state index contributed by atoms with van der Waals surface area (Å²) in [5.74, 6) is 0. The van der Waals surface area contributed by atoms with Gasteiger partial charge in [0.15, 0.2) is 5.58 Å². The van der Waals surface area contributed by atoms with Crippen molar-refractivity contribution in [3.8, 4) is 0 Å². The number of para-hydroxylation sites is 1. The molecule has 0 N–H and O–H groups in total. The lowest BCUT2D eigenvalue weighted by Crippen LogP contribution is -1.76. The quantitative estimate of drug-likeness (QED) is 0.571. The molecule has 0 aliphatic heterocycles. The van der Waals surface area contributed by atoms with Crippen molar-refractivity contribution in [1.29, 1.82) is 0 Å². The Morgan fingerprint density at radius 3 is 2.93 bits per heavy atom. The number of pyridine rings is 1. The van der Waals surface area contributed by atoms with E-state index in [1.165, 1.54) is 0 Å². The summed E-state index contributed by atoms with van der Waals surface area (Å²) in [6.45, 7) is 0. The fourth-order valence-corrected chi connectivity index (χ4v) is 2.27. The number of halogens is 2. The van der Waals surface area contributed by atoms with Gasteiger partial charge in [0.1, 0.15) is 10.7 Å². The Hall–Kier alpha value is -1.06. The minimum absolute atomic E-state index is 0.471. The summed E-state index contributed by atoms with van der Waals surface area (Å²) in [5.41, 5.74) is 1.57. The molecule has 2 aromatic heterocycles. The molecule has 0 bridgehead atoms. The van der Waals surface area contributed by atoms with E-state index in [4.69, 9.17) is 16.0 Å². The SMILES string of the molecule is Clc1ncc(Br)c2oc3ccccc3c12. The molecule has 74 valence electrons. The Labute approximate surface area is 99.0 Å². The van der Waals surface area contributed by atoms with Gasteiger partial charge in [-0.15, -0.1) is 0 Å². The van der Waals surface area contributed by atoms with Crippen LogP contribution in [0.25, 0.3) is 21.9 Å². The lowest BCUT2D eigenvalue weighted by Gasteiger charge is -1.93. The van der Waals surface area contributed by atoms with Gasteiger partial charge >= 0.3 is 0 Å². The van der Waals surface area contributed by atoms with E-state index >= 15 is 0 Å². The fourth-order valence-electron chi connectivity index (χ4n) is 1.65. The largest absolute Gasteiger partial charge is 0.455 e. The van der Waals surface area contributed by atoms with Crippen LogP contribution in [0.15, 0.2) is 39.4 Å². The van der Waals surface area contributed by atoms with Crippen molar-refractivity contribution in [3.05, 3.63) is 40.1 Å². The van der Waals surface area contributed by atoms with Crippen molar-refractivity contribution in [1.82, 2.24) is 4.98 Å². The minimum Gasteiger partial charge on any atom is -0.455 e. The van der Waals surface area contributed by atoms with Gasteiger partial charge < -0.3 is 4.42 Å². The minimum atomic E-state index is 0.471. The molecule has 0 saturated heterocycles. The van der Waals surface area contributed by atoms with Gasteiger partial charge in [-0.2, -0.15) is 0 Å². The molecule has 2 heterocycles. The highest BCUT2D eigenvalue weighted by Gasteiger charge is 2.12. The molecule has 0 radical (unpaired) electrons. The zero-order valence-corrected chi connectivity index (χ0v) is 9.84. The summed E-state index contributed by atoms with van der Waals surface area (Å²) in [4.78, 5) is 4.09. The van der Waals surface area contributed by atoms with Crippen LogP contribution < -0.4 is 0 Å². The average molecular weight is 283 g/mol. The molecule has 0 saturated carbocycles. The highest BCUT2D eigenvalue weighted by molar-refractivity contribution is 9.10. The highest BCUT2D eigenvalue weighted by atomic mass is 79.9. The second-order valence-electron chi connectivity index (χ2n) is 3.20. The first-order valence-electron chi connectivity index (χ1n) is 4.38. The second kappa shape index (κ2) is 3.22. The highest BCUT2D eigenvalue weighted by Crippen LogP contribution is 2.36. The first-order valence-corrected chi connectivity index (χ1v) is 5.56. The smallest absolute Gasteiger partial charge is 0.154 e. The van der Waals surface area contributed by atoms with E-state index in [0.29, 0.717) is 5.15 Å². The normalized spacial score (nSPS) is 11.3. The Kier molecular flexibility index (Phi) is 1.97. The average Bonchev–Trinajstić information content (AvgIpc) is 2.64. The molecule has 0 fully saturated rings. The molecule has 15 heavy (non-hydrogen) atoms. The maximum Gasteiger partial charge on any atom is 0.154 e. The Bertz CT molecular complexity index is 662. The van der Waals surface area contributed by atoms with Crippen LogP contribution in [0.5, 0.6) is 0 Å². The van der Waals surface area contributed by atoms with Crippen molar-refractivity contribution in [2.24, 2.45) is 0 Å². The predicted molar refractivity (Wildman–Crippen MR) is 64.2 cm³/mol. The Balaban J connectivity index is 2.66. The van der Waals surface area contributed by atoms with Crippen molar-refractivity contribution < 1.29 is 4.42 Å². The number of benzene rings is 1. The van der Waals surface area contributed by atoms with Crippen molar-refractivity contribution in [3.63, 3.8) is 0 Å². The van der Waals surface area contributed by atoms with Crippen LogP contribution in [0.2, 0.25) is 5.15 Å². The molecule has 0 aliphatic carbocycles. The Morgan fingerprint density at radius 2 is 2.07 bits per heavy atom. The lowest BCUT2D eigenvalue weighted by molar-refractivity contribution is 0.666. The van der Waals surface area contributed by atoms with E-state index in [9.17, 15) is 0 Å². The molecule has 0 spiro atoms. The molecule has 1 aromatic carbocycles. The molecule has 0 atom stereocenters. The predicted octanol–water partition coefficient (Wildman–Crippen LogP) is 4.40. The Morgan fingerprint density at radius 1 is 1.27 bits per heavy atom. The van der Waals surface area contributed by atoms with Gasteiger partial charge in [-0.1, -0.05) is 29.8 Å². The number of hydrogen-bond donors (Lipinski definition) is 0. The molecule has 3 rings (SSSR count). The standard InChI is InChI=1S/C11H5BrClNO/c12-7-5-14-11(13)9-6-3-1-2-4-8(6)15-10(7)9/h1-5H. The number of hydrogen-bond acceptors (Lipinski definition) is 2. The van der Waals surface area contributed by atoms with Crippen LogP contribution in [0.3, 0.4) is 0 Å². The van der Waals surface area contributed by atoms with Gasteiger partial charge in [-0.25, -0.2) is 4.98 Å². The van der Waals surface area contributed by atoms with Crippen molar-refractivity contribution in [2.75, 3.05) is 0 Å².